The van der Waals surface area contributed by atoms with Gasteiger partial charge in [0, 0.05) is 23.4 Å². The summed E-state index contributed by atoms with van der Waals surface area (Å²) in [6.45, 7) is 0. The smallest absolute Gasteiger partial charge is 0.145 e. The Morgan fingerprint density at radius 2 is 1.91 bits per heavy atom. The van der Waals surface area contributed by atoms with Gasteiger partial charge in [0.1, 0.15) is 22.9 Å². The molecule has 0 unspecified atom stereocenters. The Bertz CT molecular complexity index is 853. The van der Waals surface area contributed by atoms with Gasteiger partial charge >= 0.3 is 0 Å². The van der Waals surface area contributed by atoms with Crippen molar-refractivity contribution >= 4 is 22.6 Å². The molecular formula is C18H18ClN3O. The maximum absolute atomic E-state index is 6.42. The van der Waals surface area contributed by atoms with Crippen molar-refractivity contribution in [1.29, 1.82) is 0 Å². The fourth-order valence-electron chi connectivity index (χ4n) is 3.58. The van der Waals surface area contributed by atoms with E-state index in [4.69, 9.17) is 16.3 Å². The summed E-state index contributed by atoms with van der Waals surface area (Å²) in [6, 6.07) is 8.49. The molecule has 0 bridgehead atoms. The lowest BCUT2D eigenvalue weighted by Crippen LogP contribution is -2.03. The van der Waals surface area contributed by atoms with Crippen LogP contribution in [0.5, 0.6) is 5.75 Å². The number of fused-ring (bicyclic) bond motifs is 1. The van der Waals surface area contributed by atoms with Gasteiger partial charge in [-0.1, -0.05) is 42.6 Å². The molecule has 4 nitrogen and oxygen atoms in total. The Hall–Kier alpha value is -2.07. The highest BCUT2D eigenvalue weighted by molar-refractivity contribution is 6.35. The third-order valence-electron chi connectivity index (χ3n) is 4.68. The molecule has 5 heteroatoms. The molecule has 0 radical (unpaired) electrons. The van der Waals surface area contributed by atoms with Gasteiger partial charge in [0.15, 0.2) is 0 Å². The van der Waals surface area contributed by atoms with E-state index in [1.165, 1.54) is 25.7 Å². The zero-order chi connectivity index (χ0) is 15.8. The van der Waals surface area contributed by atoms with Crippen LogP contribution >= 0.6 is 11.6 Å². The molecule has 0 atom stereocenters. The van der Waals surface area contributed by atoms with Crippen LogP contribution in [0, 0.1) is 0 Å². The minimum Gasteiger partial charge on any atom is -0.496 e. The fourth-order valence-corrected chi connectivity index (χ4v) is 3.81. The van der Waals surface area contributed by atoms with E-state index < -0.39 is 0 Å². The van der Waals surface area contributed by atoms with Gasteiger partial charge in [-0.05, 0) is 18.9 Å². The van der Waals surface area contributed by atoms with Crippen LogP contribution in [0.2, 0.25) is 5.15 Å². The first-order valence-electron chi connectivity index (χ1n) is 7.94. The number of halogens is 1. The molecule has 2 aromatic heterocycles. The predicted octanol–water partition coefficient (Wildman–Crippen LogP) is 4.88. The zero-order valence-electron chi connectivity index (χ0n) is 13.0. The zero-order valence-corrected chi connectivity index (χ0v) is 13.8. The second kappa shape index (κ2) is 5.85. The summed E-state index contributed by atoms with van der Waals surface area (Å²) in [5.41, 5.74) is 2.97. The highest BCUT2D eigenvalue weighted by Crippen LogP contribution is 2.41. The largest absolute Gasteiger partial charge is 0.496 e. The van der Waals surface area contributed by atoms with Gasteiger partial charge < -0.3 is 9.30 Å². The monoisotopic (exact) mass is 327 g/mol. The Morgan fingerprint density at radius 3 is 2.70 bits per heavy atom. The number of aromatic nitrogens is 3. The molecule has 1 aliphatic carbocycles. The summed E-state index contributed by atoms with van der Waals surface area (Å²) >= 11 is 6.42. The lowest BCUT2D eigenvalue weighted by Gasteiger charge is -2.12. The molecule has 0 spiro atoms. The number of hydrogen-bond acceptors (Lipinski definition) is 3. The summed E-state index contributed by atoms with van der Waals surface area (Å²) in [4.78, 5) is 8.70. The number of nitrogens with zero attached hydrogens (tertiary/aromatic N) is 3. The van der Waals surface area contributed by atoms with Crippen LogP contribution < -0.4 is 4.74 Å². The highest BCUT2D eigenvalue weighted by Gasteiger charge is 2.23. The first kappa shape index (κ1) is 14.5. The van der Waals surface area contributed by atoms with Crippen LogP contribution in [0.4, 0.5) is 0 Å². The molecule has 1 aliphatic rings. The lowest BCUT2D eigenvalue weighted by molar-refractivity contribution is 0.416. The Balaban J connectivity index is 1.99. The van der Waals surface area contributed by atoms with Gasteiger partial charge in [-0.25, -0.2) is 9.97 Å². The van der Waals surface area contributed by atoms with Gasteiger partial charge in [-0.15, -0.1) is 0 Å². The fraction of sp³-hybridized carbons (Fsp3) is 0.333. The number of ether oxygens (including phenoxy) is 1. The SMILES string of the molecule is COc1ccccc1-c1cn(C2CCCC2)c2ncnc(Cl)c12. The summed E-state index contributed by atoms with van der Waals surface area (Å²) in [6.07, 6.45) is 8.63. The number of rotatable bonds is 3. The van der Waals surface area contributed by atoms with E-state index in [1.54, 1.807) is 13.4 Å². The normalized spacial score (nSPS) is 15.4. The molecular weight excluding hydrogens is 310 g/mol. The van der Waals surface area contributed by atoms with E-state index in [2.05, 4.69) is 26.8 Å². The second-order valence-electron chi connectivity index (χ2n) is 5.95. The Morgan fingerprint density at radius 1 is 1.13 bits per heavy atom. The lowest BCUT2D eigenvalue weighted by atomic mass is 10.1. The van der Waals surface area contributed by atoms with Gasteiger partial charge in [-0.2, -0.15) is 0 Å². The average Bonchev–Trinajstić information content (AvgIpc) is 3.22. The van der Waals surface area contributed by atoms with E-state index in [-0.39, 0.29) is 0 Å². The molecule has 2 heterocycles. The van der Waals surface area contributed by atoms with Gasteiger partial charge in [-0.3, -0.25) is 0 Å². The van der Waals surface area contributed by atoms with Crippen molar-refractivity contribution in [3.63, 3.8) is 0 Å². The second-order valence-corrected chi connectivity index (χ2v) is 6.31. The molecule has 23 heavy (non-hydrogen) atoms. The molecule has 1 aromatic carbocycles. The molecule has 118 valence electrons. The number of benzene rings is 1. The van der Waals surface area contributed by atoms with Crippen molar-refractivity contribution in [1.82, 2.24) is 14.5 Å². The van der Waals surface area contributed by atoms with Crippen molar-refractivity contribution in [2.45, 2.75) is 31.7 Å². The predicted molar refractivity (Wildman–Crippen MR) is 92.0 cm³/mol. The Labute approximate surface area is 140 Å². The number of hydrogen-bond donors (Lipinski definition) is 0. The summed E-state index contributed by atoms with van der Waals surface area (Å²) in [7, 11) is 1.69. The maximum Gasteiger partial charge on any atom is 0.145 e. The van der Waals surface area contributed by atoms with Gasteiger partial charge in [0.25, 0.3) is 0 Å². The van der Waals surface area contributed by atoms with E-state index in [0.29, 0.717) is 11.2 Å². The van der Waals surface area contributed by atoms with Crippen LogP contribution in [0.25, 0.3) is 22.2 Å². The molecule has 0 saturated heterocycles. The van der Waals surface area contributed by atoms with E-state index in [1.807, 2.05) is 18.2 Å². The summed E-state index contributed by atoms with van der Waals surface area (Å²) in [5, 5.41) is 1.40. The summed E-state index contributed by atoms with van der Waals surface area (Å²) < 4.78 is 7.81. The topological polar surface area (TPSA) is 39.9 Å². The quantitative estimate of drug-likeness (QED) is 0.644. The van der Waals surface area contributed by atoms with Crippen molar-refractivity contribution in [2.24, 2.45) is 0 Å². The van der Waals surface area contributed by atoms with Crippen molar-refractivity contribution in [3.05, 3.63) is 41.9 Å². The molecule has 0 amide bonds. The van der Waals surface area contributed by atoms with Crippen molar-refractivity contribution in [3.8, 4) is 16.9 Å². The standard InChI is InChI=1S/C18H18ClN3O/c1-23-15-9-5-4-8-13(15)14-10-22(12-6-2-3-7-12)18-16(14)17(19)20-11-21-18/h4-5,8-12H,2-3,6-7H2,1H3. The number of methoxy groups -OCH3 is 1. The minimum absolute atomic E-state index is 0.493. The molecule has 1 saturated carbocycles. The van der Waals surface area contributed by atoms with Crippen LogP contribution in [0.1, 0.15) is 31.7 Å². The highest BCUT2D eigenvalue weighted by atomic mass is 35.5. The van der Waals surface area contributed by atoms with E-state index in [9.17, 15) is 0 Å². The third-order valence-corrected chi connectivity index (χ3v) is 4.96. The molecule has 3 aromatic rings. The van der Waals surface area contributed by atoms with E-state index >= 15 is 0 Å². The number of para-hydroxylation sites is 1. The van der Waals surface area contributed by atoms with Crippen LogP contribution in [0.15, 0.2) is 36.8 Å². The van der Waals surface area contributed by atoms with Crippen molar-refractivity contribution < 1.29 is 4.74 Å². The Kier molecular flexibility index (Phi) is 3.69. The van der Waals surface area contributed by atoms with Crippen molar-refractivity contribution in [2.75, 3.05) is 7.11 Å². The maximum atomic E-state index is 6.42. The first-order valence-corrected chi connectivity index (χ1v) is 8.32. The van der Waals surface area contributed by atoms with Crippen LogP contribution in [-0.2, 0) is 0 Å². The summed E-state index contributed by atoms with van der Waals surface area (Å²) in [5.74, 6) is 0.831. The van der Waals surface area contributed by atoms with Crippen LogP contribution in [0.3, 0.4) is 0 Å². The average molecular weight is 328 g/mol. The minimum atomic E-state index is 0.493. The third kappa shape index (κ3) is 2.38. The van der Waals surface area contributed by atoms with Gasteiger partial charge in [0.2, 0.25) is 0 Å². The van der Waals surface area contributed by atoms with Gasteiger partial charge in [0.05, 0.1) is 12.5 Å². The molecule has 1 fully saturated rings. The van der Waals surface area contributed by atoms with E-state index in [0.717, 1.165) is 27.9 Å². The van der Waals surface area contributed by atoms with Crippen LogP contribution in [-0.4, -0.2) is 21.6 Å². The molecule has 4 rings (SSSR count). The molecule has 0 N–H and O–H groups in total. The molecule has 0 aliphatic heterocycles. The first-order chi connectivity index (χ1) is 11.3.